The maximum Gasteiger partial charge on any atom is 0.277 e. The molecule has 0 radical (unpaired) electrons. The molecule has 0 saturated heterocycles. The van der Waals surface area contributed by atoms with E-state index >= 15 is 0 Å². The average Bonchev–Trinajstić information content (AvgIpc) is 3.09. The first-order chi connectivity index (χ1) is 11.8. The number of hydrogen-bond donors (Lipinski definition) is 0. The van der Waals surface area contributed by atoms with Crippen LogP contribution in [-0.4, -0.2) is 22.0 Å². The second-order valence-electron chi connectivity index (χ2n) is 5.06. The molecule has 6 nitrogen and oxygen atoms in total. The van der Waals surface area contributed by atoms with Crippen LogP contribution in [0.5, 0.6) is 5.75 Å². The third-order valence-electron chi connectivity index (χ3n) is 3.44. The summed E-state index contributed by atoms with van der Waals surface area (Å²) in [7, 11) is 0. The van der Waals surface area contributed by atoms with Gasteiger partial charge in [-0.3, -0.25) is 4.98 Å². The molecule has 2 aromatic heterocycles. The fourth-order valence-corrected chi connectivity index (χ4v) is 3.38. The summed E-state index contributed by atoms with van der Waals surface area (Å²) < 4.78 is 16.6. The van der Waals surface area contributed by atoms with Crippen molar-refractivity contribution in [3.05, 3.63) is 52.8 Å². The Bertz CT molecular complexity index is 857. The van der Waals surface area contributed by atoms with Gasteiger partial charge in [0.2, 0.25) is 5.89 Å². The monoisotopic (exact) mass is 361 g/mol. The Labute approximate surface area is 147 Å². The van der Waals surface area contributed by atoms with Crippen LogP contribution in [0.25, 0.3) is 11.5 Å². The molecule has 0 spiro atoms. The molecule has 1 aromatic carbocycles. The van der Waals surface area contributed by atoms with Gasteiger partial charge in [-0.2, -0.15) is 0 Å². The molecule has 0 atom stereocenters. The lowest BCUT2D eigenvalue weighted by molar-refractivity contribution is -0.0168. The summed E-state index contributed by atoms with van der Waals surface area (Å²) in [6.45, 7) is 0.749. The minimum atomic E-state index is 0.249. The number of thioether (sulfide) groups is 1. The van der Waals surface area contributed by atoms with Crippen molar-refractivity contribution in [2.45, 2.75) is 17.6 Å². The predicted molar refractivity (Wildman–Crippen MR) is 88.8 cm³/mol. The maximum absolute atomic E-state index is 6.17. The lowest BCUT2D eigenvalue weighted by Gasteiger charge is -2.20. The van der Waals surface area contributed by atoms with E-state index in [1.54, 1.807) is 12.4 Å². The van der Waals surface area contributed by atoms with Gasteiger partial charge in [-0.25, -0.2) is 0 Å². The van der Waals surface area contributed by atoms with Gasteiger partial charge in [0.1, 0.15) is 5.75 Å². The van der Waals surface area contributed by atoms with E-state index in [2.05, 4.69) is 15.2 Å². The van der Waals surface area contributed by atoms with Crippen LogP contribution < -0.4 is 4.74 Å². The number of ether oxygens (including phenoxy) is 2. The van der Waals surface area contributed by atoms with Crippen molar-refractivity contribution < 1.29 is 13.9 Å². The topological polar surface area (TPSA) is 70.3 Å². The van der Waals surface area contributed by atoms with E-state index in [0.717, 1.165) is 22.4 Å². The third kappa shape index (κ3) is 3.24. The van der Waals surface area contributed by atoms with E-state index in [9.17, 15) is 0 Å². The summed E-state index contributed by atoms with van der Waals surface area (Å²) in [6, 6.07) is 7.39. The SMILES string of the molecule is Clc1cc2c(c(CSc3nnc(-c4ccncc4)o3)c1)OCOC2. The molecule has 0 aliphatic carbocycles. The summed E-state index contributed by atoms with van der Waals surface area (Å²) in [6.07, 6.45) is 3.37. The van der Waals surface area contributed by atoms with Crippen molar-refractivity contribution in [3.63, 3.8) is 0 Å². The Morgan fingerprint density at radius 2 is 2.04 bits per heavy atom. The highest BCUT2D eigenvalue weighted by Gasteiger charge is 2.17. The van der Waals surface area contributed by atoms with Crippen molar-refractivity contribution in [2.24, 2.45) is 0 Å². The maximum atomic E-state index is 6.17. The van der Waals surface area contributed by atoms with E-state index in [4.69, 9.17) is 25.5 Å². The number of halogens is 1. The largest absolute Gasteiger partial charge is 0.467 e. The number of nitrogens with zero attached hydrogens (tertiary/aromatic N) is 3. The third-order valence-corrected chi connectivity index (χ3v) is 4.52. The number of aromatic nitrogens is 3. The van der Waals surface area contributed by atoms with Gasteiger partial charge in [0.05, 0.1) is 6.61 Å². The number of fused-ring (bicyclic) bond motifs is 1. The second-order valence-corrected chi connectivity index (χ2v) is 6.42. The first-order valence-electron chi connectivity index (χ1n) is 7.18. The highest BCUT2D eigenvalue weighted by Crippen LogP contribution is 2.35. The smallest absolute Gasteiger partial charge is 0.277 e. The zero-order valence-corrected chi connectivity index (χ0v) is 14.0. The van der Waals surface area contributed by atoms with Gasteiger partial charge < -0.3 is 13.9 Å². The summed E-state index contributed by atoms with van der Waals surface area (Å²) in [5.74, 6) is 1.91. The second kappa shape index (κ2) is 6.80. The van der Waals surface area contributed by atoms with Gasteiger partial charge in [0.25, 0.3) is 5.22 Å². The summed E-state index contributed by atoms with van der Waals surface area (Å²) >= 11 is 7.61. The highest BCUT2D eigenvalue weighted by atomic mass is 35.5. The Hall–Kier alpha value is -2.09. The Morgan fingerprint density at radius 3 is 2.92 bits per heavy atom. The molecule has 0 N–H and O–H groups in total. The number of pyridine rings is 1. The quantitative estimate of drug-likeness (QED) is 0.651. The lowest BCUT2D eigenvalue weighted by atomic mass is 10.1. The van der Waals surface area contributed by atoms with E-state index in [0.29, 0.717) is 28.5 Å². The number of benzene rings is 1. The van der Waals surface area contributed by atoms with Crippen LogP contribution in [0.3, 0.4) is 0 Å². The van der Waals surface area contributed by atoms with Crippen LogP contribution in [-0.2, 0) is 17.1 Å². The number of hydrogen-bond acceptors (Lipinski definition) is 7. The molecule has 1 aliphatic rings. The first kappa shape index (κ1) is 15.4. The minimum Gasteiger partial charge on any atom is -0.467 e. The highest BCUT2D eigenvalue weighted by molar-refractivity contribution is 7.98. The molecule has 4 rings (SSSR count). The zero-order chi connectivity index (χ0) is 16.4. The summed E-state index contributed by atoms with van der Waals surface area (Å²) in [4.78, 5) is 3.97. The van der Waals surface area contributed by atoms with Crippen molar-refractivity contribution >= 4 is 23.4 Å². The molecule has 0 fully saturated rings. The van der Waals surface area contributed by atoms with Gasteiger partial charge in [-0.15, -0.1) is 10.2 Å². The van der Waals surface area contributed by atoms with Crippen molar-refractivity contribution in [1.29, 1.82) is 0 Å². The van der Waals surface area contributed by atoms with Crippen LogP contribution in [0.4, 0.5) is 0 Å². The first-order valence-corrected chi connectivity index (χ1v) is 8.54. The molecule has 3 heterocycles. The number of rotatable bonds is 4. The molecule has 1 aliphatic heterocycles. The molecular weight excluding hydrogens is 350 g/mol. The van der Waals surface area contributed by atoms with Crippen molar-refractivity contribution in [2.75, 3.05) is 6.79 Å². The van der Waals surface area contributed by atoms with Crippen LogP contribution in [0.2, 0.25) is 5.02 Å². The van der Waals surface area contributed by atoms with E-state index in [-0.39, 0.29) is 6.79 Å². The molecule has 8 heteroatoms. The van der Waals surface area contributed by atoms with Gasteiger partial charge in [0, 0.05) is 39.9 Å². The molecule has 122 valence electrons. The van der Waals surface area contributed by atoms with Crippen LogP contribution in [0, 0.1) is 0 Å². The van der Waals surface area contributed by atoms with Crippen molar-refractivity contribution in [3.8, 4) is 17.2 Å². The summed E-state index contributed by atoms with van der Waals surface area (Å²) in [5, 5.41) is 9.27. The molecule has 24 heavy (non-hydrogen) atoms. The minimum absolute atomic E-state index is 0.249. The van der Waals surface area contributed by atoms with Gasteiger partial charge in [-0.1, -0.05) is 23.4 Å². The Balaban J connectivity index is 1.52. The molecule has 0 saturated carbocycles. The van der Waals surface area contributed by atoms with E-state index in [1.807, 2.05) is 24.3 Å². The standard InChI is InChI=1S/C16H12ClN3O3S/c17-13-5-11-7-21-9-22-14(11)12(6-13)8-24-16-20-19-15(23-16)10-1-3-18-4-2-10/h1-6H,7-9H2. The van der Waals surface area contributed by atoms with Gasteiger partial charge >= 0.3 is 0 Å². The van der Waals surface area contributed by atoms with E-state index < -0.39 is 0 Å². The predicted octanol–water partition coefficient (Wildman–Crippen LogP) is 3.94. The van der Waals surface area contributed by atoms with Gasteiger partial charge in [-0.05, 0) is 24.3 Å². The molecule has 0 unspecified atom stereocenters. The molecule has 3 aromatic rings. The Morgan fingerprint density at radius 1 is 1.17 bits per heavy atom. The summed E-state index contributed by atoms with van der Waals surface area (Å²) in [5.41, 5.74) is 2.77. The zero-order valence-electron chi connectivity index (χ0n) is 12.4. The van der Waals surface area contributed by atoms with Crippen LogP contribution in [0.1, 0.15) is 11.1 Å². The molecular formula is C16H12ClN3O3S. The fourth-order valence-electron chi connectivity index (χ4n) is 2.38. The van der Waals surface area contributed by atoms with Crippen molar-refractivity contribution in [1.82, 2.24) is 15.2 Å². The van der Waals surface area contributed by atoms with Crippen LogP contribution in [0.15, 0.2) is 46.3 Å². The Kier molecular flexibility index (Phi) is 4.38. The molecule has 0 bridgehead atoms. The van der Waals surface area contributed by atoms with E-state index in [1.165, 1.54) is 11.8 Å². The average molecular weight is 362 g/mol. The van der Waals surface area contributed by atoms with Crippen LogP contribution >= 0.6 is 23.4 Å². The molecule has 0 amide bonds. The normalized spacial score (nSPS) is 13.4. The fraction of sp³-hybridized carbons (Fsp3) is 0.188. The van der Waals surface area contributed by atoms with Gasteiger partial charge in [0.15, 0.2) is 6.79 Å². The lowest BCUT2D eigenvalue weighted by Crippen LogP contribution is -2.12.